The van der Waals surface area contributed by atoms with Crippen LogP contribution in [0, 0.1) is 10.8 Å². The van der Waals surface area contributed by atoms with Gasteiger partial charge in [-0.25, -0.2) is 4.68 Å². The molecule has 0 saturated carbocycles. The largest absolute Gasteiger partial charge is 0.323 e. The zero-order chi connectivity index (χ0) is 17.9. The summed E-state index contributed by atoms with van der Waals surface area (Å²) in [6.07, 6.45) is 2.39. The van der Waals surface area contributed by atoms with E-state index in [1.165, 1.54) is 29.0 Å². The molecule has 126 valence electrons. The number of carbonyl (C=O) groups is 1. The third kappa shape index (κ3) is 3.96. The van der Waals surface area contributed by atoms with E-state index in [1.54, 1.807) is 0 Å². The Morgan fingerprint density at radius 3 is 2.79 bits per heavy atom. The summed E-state index contributed by atoms with van der Waals surface area (Å²) < 4.78 is 2.29. The number of anilines is 1. The lowest BCUT2D eigenvalue weighted by molar-refractivity contribution is -0.117. The van der Waals surface area contributed by atoms with Crippen molar-refractivity contribution in [1.29, 1.82) is 10.8 Å². The highest BCUT2D eigenvalue weighted by Crippen LogP contribution is 2.19. The second-order valence-corrected chi connectivity index (χ2v) is 5.82. The van der Waals surface area contributed by atoms with Crippen molar-refractivity contribution >= 4 is 29.5 Å². The molecule has 0 bridgehead atoms. The van der Waals surface area contributed by atoms with E-state index in [2.05, 4.69) is 10.4 Å². The number of carbonyl (C=O) groups excluding carboxylic acids is 1. The van der Waals surface area contributed by atoms with Gasteiger partial charge in [0.25, 0.3) is 5.56 Å². The first-order valence-electron chi connectivity index (χ1n) is 7.16. The van der Waals surface area contributed by atoms with Crippen LogP contribution in [0.2, 0.25) is 5.02 Å². The predicted molar refractivity (Wildman–Crippen MR) is 90.7 cm³/mol. The molecule has 0 atom stereocenters. The van der Waals surface area contributed by atoms with Gasteiger partial charge in [-0.2, -0.15) is 5.10 Å². The molecule has 2 aromatic heterocycles. The Morgan fingerprint density at radius 1 is 1.46 bits per heavy atom. The van der Waals surface area contributed by atoms with Crippen molar-refractivity contribution in [2.24, 2.45) is 0 Å². The van der Waals surface area contributed by atoms with Crippen LogP contribution in [0.4, 0.5) is 5.69 Å². The normalized spacial score (nSPS) is 10.7. The van der Waals surface area contributed by atoms with Crippen LogP contribution in [0.1, 0.15) is 25.5 Å². The summed E-state index contributed by atoms with van der Waals surface area (Å²) >= 11 is 5.99. The van der Waals surface area contributed by atoms with Gasteiger partial charge < -0.3 is 5.32 Å². The van der Waals surface area contributed by atoms with Crippen LogP contribution in [0.25, 0.3) is 0 Å². The van der Waals surface area contributed by atoms with Gasteiger partial charge in [0.2, 0.25) is 5.91 Å². The molecular weight excluding hydrogens is 332 g/mol. The number of rotatable bonds is 5. The molecule has 2 rings (SSSR count). The molecule has 0 aliphatic carbocycles. The summed E-state index contributed by atoms with van der Waals surface area (Å²) in [4.78, 5) is 24.1. The molecule has 0 fully saturated rings. The van der Waals surface area contributed by atoms with Crippen LogP contribution < -0.4 is 16.4 Å². The van der Waals surface area contributed by atoms with Crippen molar-refractivity contribution < 1.29 is 4.79 Å². The third-order valence-electron chi connectivity index (χ3n) is 3.22. The first-order valence-corrected chi connectivity index (χ1v) is 7.54. The molecule has 0 saturated heterocycles. The molecule has 0 radical (unpaired) electrons. The van der Waals surface area contributed by atoms with Crippen LogP contribution in [0.3, 0.4) is 0 Å². The summed E-state index contributed by atoms with van der Waals surface area (Å²) in [7, 11) is 0. The smallest absolute Gasteiger partial charge is 0.268 e. The average Bonchev–Trinajstić information content (AvgIpc) is 2.51. The fraction of sp³-hybridized carbons (Fsp3) is 0.267. The zero-order valence-corrected chi connectivity index (χ0v) is 14.0. The molecule has 0 unspecified atom stereocenters. The van der Waals surface area contributed by atoms with E-state index in [4.69, 9.17) is 22.4 Å². The Bertz CT molecular complexity index is 900. The Hall–Kier alpha value is -2.74. The fourth-order valence-electron chi connectivity index (χ4n) is 2.02. The van der Waals surface area contributed by atoms with Crippen molar-refractivity contribution in [2.45, 2.75) is 26.3 Å². The van der Waals surface area contributed by atoms with Crippen molar-refractivity contribution in [3.05, 3.63) is 51.0 Å². The van der Waals surface area contributed by atoms with Gasteiger partial charge in [-0.05, 0) is 18.1 Å². The topological polar surface area (TPSA) is 117 Å². The minimum Gasteiger partial charge on any atom is -0.323 e. The lowest BCUT2D eigenvalue weighted by atomic mass is 10.1. The van der Waals surface area contributed by atoms with Crippen molar-refractivity contribution in [3.8, 4) is 0 Å². The molecule has 8 nitrogen and oxygen atoms in total. The van der Waals surface area contributed by atoms with E-state index in [-0.39, 0.29) is 23.0 Å². The van der Waals surface area contributed by atoms with Crippen molar-refractivity contribution in [2.75, 3.05) is 5.32 Å². The molecule has 24 heavy (non-hydrogen) atoms. The second-order valence-electron chi connectivity index (χ2n) is 5.42. The third-order valence-corrected chi connectivity index (χ3v) is 3.52. The van der Waals surface area contributed by atoms with Gasteiger partial charge in [-0.15, -0.1) is 0 Å². The monoisotopic (exact) mass is 348 g/mol. The van der Waals surface area contributed by atoms with Crippen molar-refractivity contribution in [1.82, 2.24) is 14.3 Å². The second kappa shape index (κ2) is 7.22. The maximum atomic E-state index is 12.1. The number of nitrogens with one attached hydrogen (secondary N) is 3. The summed E-state index contributed by atoms with van der Waals surface area (Å²) in [6, 6.07) is 4.23. The van der Waals surface area contributed by atoms with E-state index in [0.29, 0.717) is 11.4 Å². The number of hydrogen-bond donors (Lipinski definition) is 3. The van der Waals surface area contributed by atoms with Gasteiger partial charge in [0.15, 0.2) is 0 Å². The van der Waals surface area contributed by atoms with Crippen LogP contribution in [-0.4, -0.2) is 26.6 Å². The van der Waals surface area contributed by atoms with Gasteiger partial charge in [0.1, 0.15) is 12.0 Å². The maximum absolute atomic E-state index is 12.1. The standard InChI is InChI=1S/C15H17ClN6O2/c1-9(2)15-11(16)5-14(24)22(20-15)7-13(23)19-10-3-4-12(18)21(6-10)8-17/h3-6,8-9,17-18H,7H2,1-2H3,(H,19,23). The highest BCUT2D eigenvalue weighted by Gasteiger charge is 2.13. The maximum Gasteiger partial charge on any atom is 0.268 e. The van der Waals surface area contributed by atoms with E-state index >= 15 is 0 Å². The highest BCUT2D eigenvalue weighted by atomic mass is 35.5. The minimum absolute atomic E-state index is 0.0172. The SMILES string of the molecule is CC(C)c1nn(CC(=O)Nc2ccc(=N)n(C=N)c2)c(=O)cc1Cl. The number of nitrogens with zero attached hydrogens (tertiary/aromatic N) is 3. The molecule has 9 heteroatoms. The van der Waals surface area contributed by atoms with Gasteiger partial charge in [0.05, 0.1) is 22.7 Å². The molecule has 2 heterocycles. The molecule has 0 aliphatic heterocycles. The Labute approximate surface area is 142 Å². The van der Waals surface area contributed by atoms with Crippen molar-refractivity contribution in [3.63, 3.8) is 0 Å². The average molecular weight is 349 g/mol. The molecule has 0 aliphatic rings. The number of hydrogen-bond acceptors (Lipinski definition) is 5. The quantitative estimate of drug-likeness (QED) is 0.560. The van der Waals surface area contributed by atoms with E-state index in [9.17, 15) is 9.59 Å². The van der Waals surface area contributed by atoms with Gasteiger partial charge in [-0.3, -0.25) is 25.0 Å². The van der Waals surface area contributed by atoms with Gasteiger partial charge in [-0.1, -0.05) is 25.4 Å². The number of aromatic nitrogens is 3. The fourth-order valence-corrected chi connectivity index (χ4v) is 2.37. The molecule has 0 aromatic carbocycles. The van der Waals surface area contributed by atoms with Gasteiger partial charge in [0, 0.05) is 12.3 Å². The Kier molecular flexibility index (Phi) is 5.30. The van der Waals surface area contributed by atoms with Crippen LogP contribution in [-0.2, 0) is 11.3 Å². The number of pyridine rings is 1. The molecule has 0 spiro atoms. The molecule has 1 amide bonds. The highest BCUT2D eigenvalue weighted by molar-refractivity contribution is 6.31. The first kappa shape index (κ1) is 17.6. The lowest BCUT2D eigenvalue weighted by Crippen LogP contribution is -2.30. The first-order chi connectivity index (χ1) is 11.3. The summed E-state index contributed by atoms with van der Waals surface area (Å²) in [5.41, 5.74) is 0.602. The van der Waals surface area contributed by atoms with E-state index in [1.807, 2.05) is 13.8 Å². The summed E-state index contributed by atoms with van der Waals surface area (Å²) in [5.74, 6) is -0.431. The Morgan fingerprint density at radius 2 is 2.17 bits per heavy atom. The van der Waals surface area contributed by atoms with Crippen LogP contribution >= 0.6 is 11.6 Å². The van der Waals surface area contributed by atoms with E-state index < -0.39 is 11.5 Å². The zero-order valence-electron chi connectivity index (χ0n) is 13.2. The number of amides is 1. The summed E-state index contributed by atoms with van der Waals surface area (Å²) in [5, 5.41) is 21.8. The molecular formula is C15H17ClN6O2. The lowest BCUT2D eigenvalue weighted by Gasteiger charge is -2.11. The predicted octanol–water partition coefficient (Wildman–Crippen LogP) is 1.39. The van der Waals surface area contributed by atoms with Crippen LogP contribution in [0.5, 0.6) is 0 Å². The number of halogens is 1. The van der Waals surface area contributed by atoms with Crippen LogP contribution in [0.15, 0.2) is 29.2 Å². The Balaban J connectivity index is 2.21. The van der Waals surface area contributed by atoms with Gasteiger partial charge >= 0.3 is 0 Å². The minimum atomic E-state index is -0.462. The van der Waals surface area contributed by atoms with E-state index in [0.717, 1.165) is 11.0 Å². The molecule has 3 N–H and O–H groups in total. The summed E-state index contributed by atoms with van der Waals surface area (Å²) in [6.45, 7) is 3.52. The molecule has 2 aromatic rings.